The zero-order chi connectivity index (χ0) is 19.4. The molecule has 2 atom stereocenters. The van der Waals surface area contributed by atoms with Crippen molar-refractivity contribution in [1.82, 2.24) is 0 Å². The average molecular weight is 360 g/mol. The third-order valence-corrected chi connectivity index (χ3v) is 8.29. The van der Waals surface area contributed by atoms with Gasteiger partial charge in [-0.15, -0.1) is 0 Å². The third kappa shape index (κ3) is 1.65. The van der Waals surface area contributed by atoms with Gasteiger partial charge in [-0.05, 0) is 43.4 Å². The number of hydrogen-bond acceptors (Lipinski definition) is 2. The van der Waals surface area contributed by atoms with Crippen LogP contribution in [0.2, 0.25) is 0 Å². The molecule has 0 aliphatic carbocycles. The summed E-state index contributed by atoms with van der Waals surface area (Å²) in [4.78, 5) is 2.66. The fourth-order valence-corrected chi connectivity index (χ4v) is 5.94. The molecule has 0 radical (unpaired) electrons. The maximum absolute atomic E-state index is 6.45. The maximum atomic E-state index is 6.45. The second kappa shape index (κ2) is 4.79. The van der Waals surface area contributed by atoms with E-state index in [0.29, 0.717) is 0 Å². The van der Waals surface area contributed by atoms with Gasteiger partial charge < -0.3 is 9.32 Å². The minimum absolute atomic E-state index is 0.00689. The molecule has 0 bridgehead atoms. The zero-order valence-electron chi connectivity index (χ0n) is 17.5. The Bertz CT molecular complexity index is 1090. The van der Waals surface area contributed by atoms with Gasteiger partial charge in [0.2, 0.25) is 0 Å². The van der Waals surface area contributed by atoms with Crippen LogP contribution in [-0.2, 0) is 11.0 Å². The standard InChI is InChI=1S/C25H29NO/c1-15-11-10-13-18-21(15)26-16(2)22-20(17-12-8-9-14-19(17)27-22)25(26,7)24(5,6)23(18,3)4/h8-14,16H,1-7H3/t16-,25?/m0/s1. The van der Waals surface area contributed by atoms with Gasteiger partial charge in [0.25, 0.3) is 0 Å². The third-order valence-electron chi connectivity index (χ3n) is 8.29. The van der Waals surface area contributed by atoms with Crippen LogP contribution in [0.5, 0.6) is 0 Å². The van der Waals surface area contributed by atoms with Crippen molar-refractivity contribution in [3.8, 4) is 0 Å². The highest BCUT2D eigenvalue weighted by Crippen LogP contribution is 2.68. The topological polar surface area (TPSA) is 16.4 Å². The second-order valence-corrected chi connectivity index (χ2v) is 9.68. The quantitative estimate of drug-likeness (QED) is 0.436. The highest BCUT2D eigenvalue weighted by atomic mass is 16.3. The van der Waals surface area contributed by atoms with Crippen molar-refractivity contribution in [1.29, 1.82) is 0 Å². The first-order valence-corrected chi connectivity index (χ1v) is 10.1. The Balaban J connectivity index is 1.95. The molecule has 0 N–H and O–H groups in total. The molecular formula is C25H29NO. The van der Waals surface area contributed by atoms with E-state index in [-0.39, 0.29) is 22.4 Å². The molecule has 2 aliphatic rings. The summed E-state index contributed by atoms with van der Waals surface area (Å²) in [6.45, 7) is 16.7. The van der Waals surface area contributed by atoms with Gasteiger partial charge >= 0.3 is 0 Å². The summed E-state index contributed by atoms with van der Waals surface area (Å²) < 4.78 is 6.45. The van der Waals surface area contributed by atoms with Crippen LogP contribution in [-0.4, -0.2) is 0 Å². The van der Waals surface area contributed by atoms with Gasteiger partial charge in [-0.3, -0.25) is 0 Å². The Kier molecular flexibility index (Phi) is 3.00. The van der Waals surface area contributed by atoms with E-state index in [1.165, 1.54) is 27.8 Å². The predicted octanol–water partition coefficient (Wildman–Crippen LogP) is 6.86. The van der Waals surface area contributed by atoms with Crippen LogP contribution in [0.1, 0.15) is 70.0 Å². The first kappa shape index (κ1) is 16.9. The van der Waals surface area contributed by atoms with Gasteiger partial charge in [-0.1, -0.05) is 64.1 Å². The summed E-state index contributed by atoms with van der Waals surface area (Å²) in [5.41, 5.74) is 6.49. The van der Waals surface area contributed by atoms with E-state index >= 15 is 0 Å². The van der Waals surface area contributed by atoms with E-state index in [2.05, 4.69) is 95.8 Å². The summed E-state index contributed by atoms with van der Waals surface area (Å²) >= 11 is 0. The fourth-order valence-electron chi connectivity index (χ4n) is 5.94. The van der Waals surface area contributed by atoms with Crippen molar-refractivity contribution in [3.63, 3.8) is 0 Å². The fraction of sp³-hybridized carbons (Fsp3) is 0.440. The lowest BCUT2D eigenvalue weighted by Gasteiger charge is -2.62. The number of fused-ring (bicyclic) bond motifs is 7. The number of nitrogens with zero attached hydrogens (tertiary/aromatic N) is 1. The summed E-state index contributed by atoms with van der Waals surface area (Å²) in [6.07, 6.45) is 0. The van der Waals surface area contributed by atoms with Crippen molar-refractivity contribution in [2.45, 2.75) is 65.5 Å². The summed E-state index contributed by atoms with van der Waals surface area (Å²) in [7, 11) is 0. The number of hydrogen-bond donors (Lipinski definition) is 0. The van der Waals surface area contributed by atoms with Gasteiger partial charge in [-0.2, -0.15) is 0 Å². The molecule has 0 saturated carbocycles. The molecule has 5 rings (SSSR count). The van der Waals surface area contributed by atoms with Crippen LogP contribution in [0.3, 0.4) is 0 Å². The Morgan fingerprint density at radius 1 is 0.926 bits per heavy atom. The molecule has 3 aromatic rings. The van der Waals surface area contributed by atoms with Gasteiger partial charge in [0.05, 0.1) is 11.6 Å². The maximum Gasteiger partial charge on any atom is 0.134 e. The molecule has 3 heterocycles. The van der Waals surface area contributed by atoms with Crippen molar-refractivity contribution in [2.75, 3.05) is 4.90 Å². The minimum atomic E-state index is -0.142. The Hall–Kier alpha value is -2.22. The van der Waals surface area contributed by atoms with Crippen LogP contribution in [0, 0.1) is 12.3 Å². The molecule has 2 heteroatoms. The lowest BCUT2D eigenvalue weighted by molar-refractivity contribution is 0.0660. The van der Waals surface area contributed by atoms with Crippen molar-refractivity contribution in [2.24, 2.45) is 5.41 Å². The highest BCUT2D eigenvalue weighted by molar-refractivity contribution is 5.87. The van der Waals surface area contributed by atoms with Crippen LogP contribution in [0.15, 0.2) is 46.9 Å². The van der Waals surface area contributed by atoms with E-state index in [9.17, 15) is 0 Å². The molecule has 2 aromatic carbocycles. The molecule has 0 amide bonds. The van der Waals surface area contributed by atoms with Crippen LogP contribution >= 0.6 is 0 Å². The average Bonchev–Trinajstić information content (AvgIpc) is 3.10. The number of para-hydroxylation sites is 2. The highest BCUT2D eigenvalue weighted by Gasteiger charge is 2.65. The van der Waals surface area contributed by atoms with Gasteiger partial charge in [0, 0.05) is 22.1 Å². The van der Waals surface area contributed by atoms with Crippen LogP contribution < -0.4 is 4.90 Å². The molecule has 0 fully saturated rings. The SMILES string of the molecule is Cc1cccc2c1N1[C@@H](C)c3oc4ccccc4c3C1(C)C(C)(C)C2(C)C. The summed E-state index contributed by atoms with van der Waals surface area (Å²) in [5.74, 6) is 1.14. The first-order chi connectivity index (χ1) is 12.6. The van der Waals surface area contributed by atoms with Crippen molar-refractivity contribution in [3.05, 3.63) is 64.9 Å². The largest absolute Gasteiger partial charge is 0.458 e. The Morgan fingerprint density at radius 2 is 1.63 bits per heavy atom. The molecule has 1 aromatic heterocycles. The summed E-state index contributed by atoms with van der Waals surface area (Å²) in [6, 6.07) is 15.5. The van der Waals surface area contributed by atoms with Gasteiger partial charge in [0.15, 0.2) is 0 Å². The first-order valence-electron chi connectivity index (χ1n) is 10.1. The molecule has 0 spiro atoms. The number of furan rings is 1. The predicted molar refractivity (Wildman–Crippen MR) is 112 cm³/mol. The smallest absolute Gasteiger partial charge is 0.134 e. The second-order valence-electron chi connectivity index (χ2n) is 9.68. The molecule has 2 aliphatic heterocycles. The van der Waals surface area contributed by atoms with E-state index < -0.39 is 0 Å². The normalized spacial score (nSPS) is 27.4. The summed E-state index contributed by atoms with van der Waals surface area (Å²) in [5, 5.41) is 1.27. The lowest BCUT2D eigenvalue weighted by Crippen LogP contribution is -2.62. The molecule has 0 saturated heterocycles. The number of anilines is 1. The number of benzene rings is 2. The van der Waals surface area contributed by atoms with E-state index in [4.69, 9.17) is 4.42 Å². The van der Waals surface area contributed by atoms with Crippen LogP contribution in [0.25, 0.3) is 11.0 Å². The van der Waals surface area contributed by atoms with E-state index in [1.54, 1.807) is 0 Å². The van der Waals surface area contributed by atoms with Crippen molar-refractivity contribution >= 4 is 16.7 Å². The van der Waals surface area contributed by atoms with Gasteiger partial charge in [0.1, 0.15) is 11.3 Å². The molecule has 27 heavy (non-hydrogen) atoms. The monoisotopic (exact) mass is 359 g/mol. The lowest BCUT2D eigenvalue weighted by atomic mass is 9.51. The molecule has 2 nitrogen and oxygen atoms in total. The van der Waals surface area contributed by atoms with Crippen molar-refractivity contribution < 1.29 is 4.42 Å². The van der Waals surface area contributed by atoms with E-state index in [0.717, 1.165) is 11.3 Å². The molecule has 1 unspecified atom stereocenters. The molecular weight excluding hydrogens is 330 g/mol. The zero-order valence-corrected chi connectivity index (χ0v) is 17.5. The number of aryl methyl sites for hydroxylation is 1. The van der Waals surface area contributed by atoms with Gasteiger partial charge in [-0.25, -0.2) is 0 Å². The minimum Gasteiger partial charge on any atom is -0.458 e. The Morgan fingerprint density at radius 3 is 2.37 bits per heavy atom. The number of rotatable bonds is 0. The van der Waals surface area contributed by atoms with Crippen LogP contribution in [0.4, 0.5) is 5.69 Å². The Labute approximate surface area is 162 Å². The van der Waals surface area contributed by atoms with E-state index in [1.807, 2.05) is 0 Å². The molecule has 140 valence electrons.